The zero-order chi connectivity index (χ0) is 40.5. The first-order valence-electron chi connectivity index (χ1n) is 19.7. The predicted molar refractivity (Wildman–Crippen MR) is 198 cm³/mol. The molecule has 0 spiro atoms. The van der Waals surface area contributed by atoms with Gasteiger partial charge in [0.1, 0.15) is 12.6 Å². The highest BCUT2D eigenvalue weighted by Gasteiger charge is 2.32. The van der Waals surface area contributed by atoms with E-state index in [2.05, 4.69) is 26.1 Å². The summed E-state index contributed by atoms with van der Waals surface area (Å²) in [5, 5.41) is 29.0. The summed E-state index contributed by atoms with van der Waals surface area (Å²) in [5.41, 5.74) is 0. The van der Waals surface area contributed by atoms with Gasteiger partial charge in [0, 0.05) is 51.7 Å². The van der Waals surface area contributed by atoms with Crippen molar-refractivity contribution >= 4 is 47.6 Å². The third-order valence-electron chi connectivity index (χ3n) is 8.62. The predicted octanol–water partition coefficient (Wildman–Crippen LogP) is 3.11. The summed E-state index contributed by atoms with van der Waals surface area (Å²) in [7, 11) is 0. The Kier molecular flexibility index (Phi) is 28.3. The van der Waals surface area contributed by atoms with Crippen molar-refractivity contribution in [3.8, 4) is 0 Å². The zero-order valence-electron chi connectivity index (χ0n) is 32.2. The first-order valence-corrected chi connectivity index (χ1v) is 19.7. The molecule has 6 amide bonds. The zero-order valence-corrected chi connectivity index (χ0v) is 32.2. The lowest BCUT2D eigenvalue weighted by molar-refractivity contribution is -0.200. The van der Waals surface area contributed by atoms with E-state index in [1.807, 2.05) is 0 Å². The molecule has 1 unspecified atom stereocenters. The Bertz CT molecular complexity index is 1170. The van der Waals surface area contributed by atoms with E-state index in [4.69, 9.17) is 14.6 Å². The van der Waals surface area contributed by atoms with Crippen LogP contribution in [0.5, 0.6) is 0 Å². The van der Waals surface area contributed by atoms with Gasteiger partial charge in [0.25, 0.3) is 11.8 Å². The second-order valence-corrected chi connectivity index (χ2v) is 13.4. The SMILES string of the molecule is O=C(O)CCCCCCCCCCCCCCCCC(=O)NC(CCC(=O)NCCCNC(=O)NCCOCCOCC(=O)ON1C(=O)CCC1=O)C(=O)O. The van der Waals surface area contributed by atoms with Crippen molar-refractivity contribution in [2.24, 2.45) is 0 Å². The molecule has 0 aromatic carbocycles. The van der Waals surface area contributed by atoms with Crippen molar-refractivity contribution in [2.75, 3.05) is 46.1 Å². The lowest BCUT2D eigenvalue weighted by Gasteiger charge is -2.14. The maximum Gasteiger partial charge on any atom is 0.358 e. The molecule has 0 aromatic heterocycles. The number of nitrogens with one attached hydrogen (secondary N) is 4. The summed E-state index contributed by atoms with van der Waals surface area (Å²) in [4.78, 5) is 97.6. The third kappa shape index (κ3) is 27.9. The van der Waals surface area contributed by atoms with Crippen LogP contribution in [0.1, 0.15) is 135 Å². The minimum atomic E-state index is -1.19. The van der Waals surface area contributed by atoms with Crippen LogP contribution in [0.4, 0.5) is 4.79 Å². The molecule has 0 bridgehead atoms. The van der Waals surface area contributed by atoms with E-state index in [0.717, 1.165) is 44.9 Å². The van der Waals surface area contributed by atoms with E-state index in [0.29, 0.717) is 17.9 Å². The number of aliphatic carboxylic acids is 2. The van der Waals surface area contributed by atoms with Gasteiger partial charge in [-0.1, -0.05) is 77.0 Å². The summed E-state index contributed by atoms with van der Waals surface area (Å²) in [6.07, 6.45) is 15.8. The van der Waals surface area contributed by atoms with E-state index in [1.54, 1.807) is 0 Å². The second-order valence-electron chi connectivity index (χ2n) is 13.4. The number of hydroxylamine groups is 2. The number of carbonyl (C=O) groups excluding carboxylic acids is 6. The number of carboxylic acid groups (broad SMARTS) is 2. The highest BCUT2D eigenvalue weighted by molar-refractivity contribution is 6.01. The Labute approximate surface area is 323 Å². The van der Waals surface area contributed by atoms with Crippen molar-refractivity contribution in [2.45, 2.75) is 141 Å². The highest BCUT2D eigenvalue weighted by atomic mass is 16.7. The standard InChI is InChI=1S/C37H63N5O13/c43-30(38-22-15-23-39-37(52)40-24-25-53-26-27-54-28-35(49)55-42-32(45)20-21-33(42)46)19-18-29(36(50)51)41-31(44)16-13-11-9-7-5-3-1-2-4-6-8-10-12-14-17-34(47)48/h29H,1-28H2,(H,38,43)(H,41,44)(H,47,48)(H,50,51)(H2,39,40,52). The number of nitrogens with zero attached hydrogens (tertiary/aromatic N) is 1. The number of carbonyl (C=O) groups is 8. The lowest BCUT2D eigenvalue weighted by atomic mass is 10.0. The summed E-state index contributed by atoms with van der Waals surface area (Å²) in [5.74, 6) is -4.65. The molecule has 0 aliphatic carbocycles. The van der Waals surface area contributed by atoms with Crippen LogP contribution < -0.4 is 21.3 Å². The number of rotatable bonds is 35. The van der Waals surface area contributed by atoms with E-state index < -0.39 is 48.4 Å². The number of unbranched alkanes of at least 4 members (excludes halogenated alkanes) is 13. The van der Waals surface area contributed by atoms with Crippen LogP contribution in [0.15, 0.2) is 0 Å². The van der Waals surface area contributed by atoms with Crippen LogP contribution >= 0.6 is 0 Å². The number of imide groups is 1. The number of ether oxygens (including phenoxy) is 2. The van der Waals surface area contributed by atoms with Gasteiger partial charge in [0.05, 0.1) is 19.8 Å². The van der Waals surface area contributed by atoms with Crippen LogP contribution in [-0.2, 0) is 47.9 Å². The number of hydrogen-bond acceptors (Lipinski definition) is 11. The summed E-state index contributed by atoms with van der Waals surface area (Å²) in [6.45, 7) is 0.639. The minimum Gasteiger partial charge on any atom is -0.481 e. The molecule has 0 radical (unpaired) electrons. The Morgan fingerprint density at radius 3 is 1.65 bits per heavy atom. The number of urea groups is 1. The molecule has 1 atom stereocenters. The van der Waals surface area contributed by atoms with Crippen LogP contribution in [-0.4, -0.2) is 115 Å². The van der Waals surface area contributed by atoms with E-state index >= 15 is 0 Å². The normalized spacial score (nSPS) is 13.0. The highest BCUT2D eigenvalue weighted by Crippen LogP contribution is 2.14. The van der Waals surface area contributed by atoms with Crippen molar-refractivity contribution in [1.29, 1.82) is 0 Å². The van der Waals surface area contributed by atoms with Crippen molar-refractivity contribution in [3.05, 3.63) is 0 Å². The van der Waals surface area contributed by atoms with Crippen molar-refractivity contribution in [1.82, 2.24) is 26.3 Å². The quantitative estimate of drug-likeness (QED) is 0.0399. The lowest BCUT2D eigenvalue weighted by Crippen LogP contribution is -2.41. The van der Waals surface area contributed by atoms with Crippen LogP contribution in [0.25, 0.3) is 0 Å². The Hall–Kier alpha value is -4.32. The van der Waals surface area contributed by atoms with Gasteiger partial charge in [0.15, 0.2) is 0 Å². The van der Waals surface area contributed by atoms with Crippen LogP contribution in [0.3, 0.4) is 0 Å². The molecule has 6 N–H and O–H groups in total. The molecule has 1 heterocycles. The molecule has 18 heteroatoms. The van der Waals surface area contributed by atoms with Gasteiger partial charge in [-0.3, -0.25) is 24.0 Å². The molecule has 1 rings (SSSR count). The molecule has 0 saturated carbocycles. The smallest absolute Gasteiger partial charge is 0.358 e. The molecule has 1 aliphatic rings. The average Bonchev–Trinajstić information content (AvgIpc) is 3.45. The fourth-order valence-electron chi connectivity index (χ4n) is 5.55. The first-order chi connectivity index (χ1) is 26.5. The molecule has 314 valence electrons. The Morgan fingerprint density at radius 1 is 0.582 bits per heavy atom. The second kappa shape index (κ2) is 32.0. The fraction of sp³-hybridized carbons (Fsp3) is 0.784. The fourth-order valence-corrected chi connectivity index (χ4v) is 5.55. The number of hydrogen-bond donors (Lipinski definition) is 6. The monoisotopic (exact) mass is 785 g/mol. The summed E-state index contributed by atoms with van der Waals surface area (Å²) in [6, 6.07) is -1.58. The van der Waals surface area contributed by atoms with Gasteiger partial charge < -0.3 is 45.8 Å². The van der Waals surface area contributed by atoms with Crippen molar-refractivity contribution < 1.29 is 62.9 Å². The van der Waals surface area contributed by atoms with E-state index in [9.17, 15) is 43.5 Å². The molecular formula is C37H63N5O13. The molecule has 55 heavy (non-hydrogen) atoms. The van der Waals surface area contributed by atoms with Gasteiger partial charge in [-0.05, 0) is 25.7 Å². The number of amides is 6. The van der Waals surface area contributed by atoms with Gasteiger partial charge in [-0.2, -0.15) is 0 Å². The van der Waals surface area contributed by atoms with E-state index in [1.165, 1.54) is 38.5 Å². The van der Waals surface area contributed by atoms with Gasteiger partial charge >= 0.3 is 23.9 Å². The summed E-state index contributed by atoms with van der Waals surface area (Å²) >= 11 is 0. The Balaban J connectivity index is 1.94. The largest absolute Gasteiger partial charge is 0.481 e. The summed E-state index contributed by atoms with van der Waals surface area (Å²) < 4.78 is 10.4. The molecule has 1 saturated heterocycles. The topological polar surface area (TPSA) is 256 Å². The van der Waals surface area contributed by atoms with E-state index in [-0.39, 0.29) is 89.8 Å². The van der Waals surface area contributed by atoms with Gasteiger partial charge in [-0.15, -0.1) is 5.06 Å². The van der Waals surface area contributed by atoms with Crippen molar-refractivity contribution in [3.63, 3.8) is 0 Å². The molecular weight excluding hydrogens is 722 g/mol. The number of carboxylic acids is 2. The molecule has 18 nitrogen and oxygen atoms in total. The molecule has 1 fully saturated rings. The van der Waals surface area contributed by atoms with Crippen LogP contribution in [0.2, 0.25) is 0 Å². The average molecular weight is 786 g/mol. The first kappa shape index (κ1) is 48.7. The van der Waals surface area contributed by atoms with Crippen LogP contribution in [0, 0.1) is 0 Å². The van der Waals surface area contributed by atoms with Gasteiger partial charge in [-0.25, -0.2) is 14.4 Å². The third-order valence-corrected chi connectivity index (χ3v) is 8.62. The minimum absolute atomic E-state index is 0.00121. The molecule has 1 aliphatic heterocycles. The molecule has 0 aromatic rings. The maximum atomic E-state index is 12.3. The van der Waals surface area contributed by atoms with Gasteiger partial charge in [0.2, 0.25) is 11.8 Å². The Morgan fingerprint density at radius 2 is 1.09 bits per heavy atom. The maximum absolute atomic E-state index is 12.3.